The predicted octanol–water partition coefficient (Wildman–Crippen LogP) is 2.46. The summed E-state index contributed by atoms with van der Waals surface area (Å²) in [6.45, 7) is 0.998. The van der Waals surface area contributed by atoms with Gasteiger partial charge in [-0.3, -0.25) is 0 Å². The van der Waals surface area contributed by atoms with E-state index in [4.69, 9.17) is 0 Å². The maximum absolute atomic E-state index is 4.49. The molecule has 2 heteroatoms. The molecule has 2 rings (SSSR count). The fourth-order valence-electron chi connectivity index (χ4n) is 1.49. The second kappa shape index (κ2) is 5.31. The van der Waals surface area contributed by atoms with Crippen molar-refractivity contribution in [2.75, 3.05) is 6.54 Å². The SMILES string of the molecule is [Ir].[c-]1ccccc1C1=NCCCC1. The molecule has 0 aromatic heterocycles. The van der Waals surface area contributed by atoms with Crippen LogP contribution in [0.15, 0.2) is 29.3 Å². The first-order valence-corrected chi connectivity index (χ1v) is 4.47. The van der Waals surface area contributed by atoms with Crippen LogP contribution in [0.25, 0.3) is 0 Å². The van der Waals surface area contributed by atoms with E-state index >= 15 is 0 Å². The van der Waals surface area contributed by atoms with E-state index in [0.717, 1.165) is 13.0 Å². The zero-order valence-corrected chi connectivity index (χ0v) is 9.81. The Labute approximate surface area is 92.6 Å². The topological polar surface area (TPSA) is 12.4 Å². The molecule has 0 saturated heterocycles. The van der Waals surface area contributed by atoms with Crippen molar-refractivity contribution in [3.63, 3.8) is 0 Å². The van der Waals surface area contributed by atoms with Gasteiger partial charge in [0.2, 0.25) is 0 Å². The summed E-state index contributed by atoms with van der Waals surface area (Å²) in [7, 11) is 0. The van der Waals surface area contributed by atoms with Crippen LogP contribution >= 0.6 is 0 Å². The molecule has 0 amide bonds. The minimum atomic E-state index is 0. The van der Waals surface area contributed by atoms with Gasteiger partial charge in [0.15, 0.2) is 0 Å². The Morgan fingerprint density at radius 3 is 2.77 bits per heavy atom. The molecule has 1 radical (unpaired) electrons. The van der Waals surface area contributed by atoms with Crippen LogP contribution in [0.5, 0.6) is 0 Å². The Balaban J connectivity index is 0.000000845. The molecule has 71 valence electrons. The van der Waals surface area contributed by atoms with Gasteiger partial charge in [0, 0.05) is 26.7 Å². The number of hydrogen-bond acceptors (Lipinski definition) is 1. The van der Waals surface area contributed by atoms with Crippen molar-refractivity contribution in [2.24, 2.45) is 4.99 Å². The molecule has 0 spiro atoms. The number of nitrogens with zero attached hydrogens (tertiary/aromatic N) is 1. The second-order valence-corrected chi connectivity index (χ2v) is 3.06. The van der Waals surface area contributed by atoms with E-state index in [1.807, 2.05) is 18.2 Å². The largest absolute Gasteiger partial charge is 0.337 e. The molecule has 13 heavy (non-hydrogen) atoms. The monoisotopic (exact) mass is 351 g/mol. The van der Waals surface area contributed by atoms with Crippen molar-refractivity contribution in [1.82, 2.24) is 0 Å². The molecule has 0 atom stereocenters. The summed E-state index contributed by atoms with van der Waals surface area (Å²) in [5.41, 5.74) is 2.42. The molecule has 0 unspecified atom stereocenters. The van der Waals surface area contributed by atoms with E-state index in [0.29, 0.717) is 0 Å². The second-order valence-electron chi connectivity index (χ2n) is 3.06. The molecule has 0 bridgehead atoms. The van der Waals surface area contributed by atoms with Gasteiger partial charge in [-0.2, -0.15) is 0 Å². The van der Waals surface area contributed by atoms with Crippen molar-refractivity contribution < 1.29 is 20.1 Å². The van der Waals surface area contributed by atoms with Gasteiger partial charge in [-0.25, -0.2) is 0 Å². The Kier molecular flexibility index (Phi) is 4.34. The number of hydrogen-bond donors (Lipinski definition) is 0. The van der Waals surface area contributed by atoms with Gasteiger partial charge in [0.05, 0.1) is 0 Å². The first kappa shape index (κ1) is 10.6. The molecule has 1 heterocycles. The van der Waals surface area contributed by atoms with Crippen LogP contribution in [0.1, 0.15) is 24.8 Å². The van der Waals surface area contributed by atoms with Gasteiger partial charge in [-0.15, -0.1) is 35.9 Å². The van der Waals surface area contributed by atoms with Crippen LogP contribution in [-0.4, -0.2) is 12.3 Å². The molecule has 0 aliphatic carbocycles. The standard InChI is InChI=1S/C11H12N.Ir/c1-2-6-10(7-3-1)11-8-4-5-9-12-11;/h1-3,6H,4-5,8-9H2;/q-1;. The van der Waals surface area contributed by atoms with Gasteiger partial charge in [-0.05, 0) is 18.6 Å². The van der Waals surface area contributed by atoms with Crippen molar-refractivity contribution in [2.45, 2.75) is 19.3 Å². The Morgan fingerprint density at radius 2 is 2.15 bits per heavy atom. The summed E-state index contributed by atoms with van der Waals surface area (Å²) in [6.07, 6.45) is 3.65. The molecule has 0 N–H and O–H groups in total. The first-order chi connectivity index (χ1) is 5.97. The van der Waals surface area contributed by atoms with E-state index in [1.54, 1.807) is 0 Å². The Morgan fingerprint density at radius 1 is 1.23 bits per heavy atom. The summed E-state index contributed by atoms with van der Waals surface area (Å²) in [5.74, 6) is 0. The fourth-order valence-corrected chi connectivity index (χ4v) is 1.49. The molecule has 1 aliphatic heterocycles. The number of aliphatic imine (C=N–C) groups is 1. The predicted molar refractivity (Wildman–Crippen MR) is 50.5 cm³/mol. The summed E-state index contributed by atoms with van der Waals surface area (Å²) >= 11 is 0. The molecule has 0 fully saturated rings. The van der Waals surface area contributed by atoms with Crippen LogP contribution < -0.4 is 0 Å². The maximum Gasteiger partial charge on any atom is 0.0285 e. The Bertz CT molecular complexity index is 279. The van der Waals surface area contributed by atoms with Gasteiger partial charge < -0.3 is 4.99 Å². The van der Waals surface area contributed by atoms with Gasteiger partial charge in [0.25, 0.3) is 0 Å². The van der Waals surface area contributed by atoms with E-state index < -0.39 is 0 Å². The van der Waals surface area contributed by atoms with Crippen molar-refractivity contribution >= 4 is 5.71 Å². The van der Waals surface area contributed by atoms with E-state index in [-0.39, 0.29) is 20.1 Å². The number of benzene rings is 1. The molecule has 1 aromatic rings. The summed E-state index contributed by atoms with van der Waals surface area (Å²) in [6, 6.07) is 11.3. The quantitative estimate of drug-likeness (QED) is 0.690. The van der Waals surface area contributed by atoms with Crippen LogP contribution in [0.2, 0.25) is 0 Å². The molecular weight excluding hydrogens is 338 g/mol. The van der Waals surface area contributed by atoms with Crippen LogP contribution in [0, 0.1) is 6.07 Å². The minimum absolute atomic E-state index is 0. The van der Waals surface area contributed by atoms with Crippen LogP contribution in [0.4, 0.5) is 0 Å². The molecule has 0 saturated carbocycles. The fraction of sp³-hybridized carbons (Fsp3) is 0.364. The zero-order valence-electron chi connectivity index (χ0n) is 7.42. The van der Waals surface area contributed by atoms with Gasteiger partial charge >= 0.3 is 0 Å². The molecule has 1 aromatic carbocycles. The van der Waals surface area contributed by atoms with Gasteiger partial charge in [0.1, 0.15) is 0 Å². The average molecular weight is 350 g/mol. The third kappa shape index (κ3) is 2.75. The van der Waals surface area contributed by atoms with Gasteiger partial charge in [-0.1, -0.05) is 6.42 Å². The third-order valence-electron chi connectivity index (χ3n) is 2.14. The van der Waals surface area contributed by atoms with Crippen LogP contribution in [0.3, 0.4) is 0 Å². The summed E-state index contributed by atoms with van der Waals surface area (Å²) in [5, 5.41) is 0. The third-order valence-corrected chi connectivity index (χ3v) is 2.14. The smallest absolute Gasteiger partial charge is 0.0285 e. The molecule has 1 nitrogen and oxygen atoms in total. The zero-order chi connectivity index (χ0) is 8.23. The summed E-state index contributed by atoms with van der Waals surface area (Å²) < 4.78 is 0. The maximum atomic E-state index is 4.49. The Hall–Kier alpha value is -0.461. The normalized spacial score (nSPS) is 15.8. The average Bonchev–Trinajstić information content (AvgIpc) is 2.21. The van der Waals surface area contributed by atoms with E-state index in [1.165, 1.54) is 24.1 Å². The minimum Gasteiger partial charge on any atom is -0.337 e. The molecule has 1 aliphatic rings. The van der Waals surface area contributed by atoms with Crippen molar-refractivity contribution in [3.8, 4) is 0 Å². The first-order valence-electron chi connectivity index (χ1n) is 4.47. The van der Waals surface area contributed by atoms with Crippen molar-refractivity contribution in [3.05, 3.63) is 35.9 Å². The summed E-state index contributed by atoms with van der Waals surface area (Å²) in [4.78, 5) is 4.49. The molecular formula is C11H12IrN-. The van der Waals surface area contributed by atoms with E-state index in [9.17, 15) is 0 Å². The number of rotatable bonds is 1. The van der Waals surface area contributed by atoms with E-state index in [2.05, 4.69) is 17.1 Å². The van der Waals surface area contributed by atoms with Crippen molar-refractivity contribution in [1.29, 1.82) is 0 Å². The van der Waals surface area contributed by atoms with Crippen LogP contribution in [-0.2, 0) is 20.1 Å².